The molecule has 0 saturated heterocycles. The number of rotatable bonds is 34. The van der Waals surface area contributed by atoms with E-state index in [1.807, 2.05) is 0 Å². The second kappa shape index (κ2) is 38.4. The van der Waals surface area contributed by atoms with Gasteiger partial charge in [0.05, 0.1) is 11.1 Å². The van der Waals surface area contributed by atoms with Gasteiger partial charge in [0.1, 0.15) is 23.0 Å². The quantitative estimate of drug-likeness (QED) is 0.0399. The highest BCUT2D eigenvalue weighted by Crippen LogP contribution is 2.26. The molecule has 0 saturated carbocycles. The van der Waals surface area contributed by atoms with E-state index in [0.29, 0.717) is 0 Å². The van der Waals surface area contributed by atoms with Crippen LogP contribution in [-0.4, -0.2) is 22.2 Å². The summed E-state index contributed by atoms with van der Waals surface area (Å²) >= 11 is 0. The van der Waals surface area contributed by atoms with Gasteiger partial charge >= 0.3 is 11.9 Å². The average Bonchev–Trinajstić information content (AvgIpc) is 3.37. The first-order chi connectivity index (χ1) is 34.3. The van der Waals surface area contributed by atoms with Crippen LogP contribution < -0.4 is 9.47 Å². The number of carboxylic acid groups (broad SMARTS) is 2. The number of unbranched alkanes of at least 4 members (excludes halogenated alkanes) is 20. The van der Waals surface area contributed by atoms with Gasteiger partial charge < -0.3 is 19.7 Å². The summed E-state index contributed by atoms with van der Waals surface area (Å²) in [5.41, 5.74) is 5.24. The number of carbonyl (C=O) groups is 2. The Morgan fingerprint density at radius 3 is 0.900 bits per heavy atom. The molecule has 0 spiro atoms. The minimum Gasteiger partial charge on any atom is -0.478 e. The smallest absolute Gasteiger partial charge is 0.336 e. The first-order valence-electron chi connectivity index (χ1n) is 27.5. The third kappa shape index (κ3) is 27.1. The van der Waals surface area contributed by atoms with Crippen LogP contribution in [0, 0.1) is 0 Å². The Balaban J connectivity index is 0.000000301. The van der Waals surface area contributed by atoms with Crippen molar-refractivity contribution in [3.63, 3.8) is 0 Å². The molecule has 0 radical (unpaired) electrons. The minimum absolute atomic E-state index is 0.190. The monoisotopic (exact) mass is 955 g/mol. The fourth-order valence-corrected chi connectivity index (χ4v) is 8.54. The molecular formula is C64H90O6. The summed E-state index contributed by atoms with van der Waals surface area (Å²) < 4.78 is 12.2. The molecule has 0 aliphatic carbocycles. The lowest BCUT2D eigenvalue weighted by molar-refractivity contribution is 0.0651. The Hall–Kier alpha value is -5.36. The van der Waals surface area contributed by atoms with E-state index >= 15 is 0 Å². The maximum absolute atomic E-state index is 10.5. The maximum Gasteiger partial charge on any atom is 0.336 e. The molecule has 5 aromatic carbocycles. The first-order valence-corrected chi connectivity index (χ1v) is 27.5. The van der Waals surface area contributed by atoms with Crippen LogP contribution in [0.15, 0.2) is 121 Å². The van der Waals surface area contributed by atoms with E-state index in [1.54, 1.807) is 0 Å². The molecule has 5 aromatic rings. The van der Waals surface area contributed by atoms with Crippen molar-refractivity contribution in [1.29, 1.82) is 0 Å². The number of aryl methyl sites for hydroxylation is 4. The Labute approximate surface area is 424 Å². The summed E-state index contributed by atoms with van der Waals surface area (Å²) in [4.78, 5) is 20.9. The average molecular weight is 955 g/mol. The zero-order valence-corrected chi connectivity index (χ0v) is 43.9. The zero-order valence-electron chi connectivity index (χ0n) is 43.9. The molecule has 0 unspecified atom stereocenters. The second-order valence-electron chi connectivity index (χ2n) is 19.0. The van der Waals surface area contributed by atoms with Gasteiger partial charge in [-0.05, 0) is 134 Å². The van der Waals surface area contributed by atoms with Crippen molar-refractivity contribution < 1.29 is 29.3 Å². The topological polar surface area (TPSA) is 93.1 Å². The zero-order chi connectivity index (χ0) is 50.3. The van der Waals surface area contributed by atoms with Gasteiger partial charge in [-0.2, -0.15) is 0 Å². The lowest BCUT2D eigenvalue weighted by atomic mass is 10.0. The molecule has 0 amide bonds. The summed E-state index contributed by atoms with van der Waals surface area (Å²) in [6.07, 6.45) is 37.0. The van der Waals surface area contributed by atoms with Crippen molar-refractivity contribution in [2.75, 3.05) is 0 Å². The molecule has 70 heavy (non-hydrogen) atoms. The number of benzene rings is 5. The van der Waals surface area contributed by atoms with E-state index in [1.165, 1.54) is 213 Å². The standard InChI is InChI=1S/2C28H42O.C8H6O4/c2*1-3-5-7-9-11-13-16-25-20-22-27(23-21-25)29-28-19-15-18-26(24-28)17-14-12-10-8-6-4-2;9-7(10)5-3-1-2-4-6(5)8(11)12/h2*15,18-24H,3-14,16-17H2,1-2H3;1-4H,(H,9,10)(H,11,12). The Bertz CT molecular complexity index is 1940. The normalized spacial score (nSPS) is 10.7. The van der Waals surface area contributed by atoms with Gasteiger partial charge in [0.2, 0.25) is 0 Å². The largest absolute Gasteiger partial charge is 0.478 e. The number of hydrogen-bond acceptors (Lipinski definition) is 4. The third-order valence-corrected chi connectivity index (χ3v) is 12.8. The number of carboxylic acids is 2. The van der Waals surface area contributed by atoms with E-state index in [-0.39, 0.29) is 11.1 Å². The van der Waals surface area contributed by atoms with Crippen LogP contribution in [-0.2, 0) is 25.7 Å². The molecule has 0 aliphatic heterocycles. The van der Waals surface area contributed by atoms with Gasteiger partial charge in [-0.3, -0.25) is 0 Å². The van der Waals surface area contributed by atoms with Crippen molar-refractivity contribution in [3.05, 3.63) is 155 Å². The van der Waals surface area contributed by atoms with Gasteiger partial charge in [0.15, 0.2) is 0 Å². The molecular weight excluding hydrogens is 865 g/mol. The highest BCUT2D eigenvalue weighted by atomic mass is 16.5. The minimum atomic E-state index is -1.23. The predicted molar refractivity (Wildman–Crippen MR) is 295 cm³/mol. The van der Waals surface area contributed by atoms with Crippen LogP contribution >= 0.6 is 0 Å². The van der Waals surface area contributed by atoms with Gasteiger partial charge in [0.25, 0.3) is 0 Å². The SMILES string of the molecule is CCCCCCCCc1ccc(Oc2cccc(CCCCCCCC)c2)cc1.CCCCCCCCc1ccc(Oc2cccc(CCCCCCCC)c2)cc1.O=C(O)c1ccccc1C(=O)O. The summed E-state index contributed by atoms with van der Waals surface area (Å²) in [6.45, 7) is 9.09. The van der Waals surface area contributed by atoms with Crippen molar-refractivity contribution in [2.45, 2.75) is 207 Å². The molecule has 0 aromatic heterocycles. The van der Waals surface area contributed by atoms with Gasteiger partial charge in [0, 0.05) is 0 Å². The van der Waals surface area contributed by atoms with Crippen LogP contribution in [0.1, 0.15) is 225 Å². The van der Waals surface area contributed by atoms with Crippen molar-refractivity contribution in [3.8, 4) is 23.0 Å². The lowest BCUT2D eigenvalue weighted by Gasteiger charge is -2.09. The first kappa shape index (κ1) is 59.0. The molecule has 2 N–H and O–H groups in total. The molecule has 0 heterocycles. The molecule has 0 atom stereocenters. The summed E-state index contributed by atoms with van der Waals surface area (Å²) in [6, 6.07) is 40.1. The van der Waals surface area contributed by atoms with E-state index in [2.05, 4.69) is 125 Å². The van der Waals surface area contributed by atoms with Crippen LogP contribution in [0.2, 0.25) is 0 Å². The Morgan fingerprint density at radius 2 is 0.600 bits per heavy atom. The van der Waals surface area contributed by atoms with E-state index in [4.69, 9.17) is 19.7 Å². The van der Waals surface area contributed by atoms with Crippen LogP contribution in [0.5, 0.6) is 23.0 Å². The Kier molecular flexibility index (Phi) is 32.3. The summed E-state index contributed by atoms with van der Waals surface area (Å²) in [5.74, 6) is 1.33. The van der Waals surface area contributed by atoms with Gasteiger partial charge in [-0.25, -0.2) is 9.59 Å². The summed E-state index contributed by atoms with van der Waals surface area (Å²) in [7, 11) is 0. The molecule has 0 aliphatic rings. The molecule has 382 valence electrons. The van der Waals surface area contributed by atoms with E-state index < -0.39 is 11.9 Å². The maximum atomic E-state index is 10.5. The fraction of sp³-hybridized carbons (Fsp3) is 0.500. The van der Waals surface area contributed by atoms with Crippen LogP contribution in [0.4, 0.5) is 0 Å². The lowest BCUT2D eigenvalue weighted by Crippen LogP contribution is -2.06. The predicted octanol–water partition coefficient (Wildman–Crippen LogP) is 19.7. The molecule has 6 nitrogen and oxygen atoms in total. The Morgan fingerprint density at radius 1 is 0.314 bits per heavy atom. The molecule has 0 fully saturated rings. The van der Waals surface area contributed by atoms with Crippen molar-refractivity contribution >= 4 is 11.9 Å². The second-order valence-corrected chi connectivity index (χ2v) is 19.0. The molecule has 0 bridgehead atoms. The van der Waals surface area contributed by atoms with Crippen molar-refractivity contribution in [2.24, 2.45) is 0 Å². The third-order valence-electron chi connectivity index (χ3n) is 12.8. The van der Waals surface area contributed by atoms with Crippen molar-refractivity contribution in [1.82, 2.24) is 0 Å². The van der Waals surface area contributed by atoms with Crippen LogP contribution in [0.3, 0.4) is 0 Å². The number of aromatic carboxylic acids is 2. The van der Waals surface area contributed by atoms with Crippen LogP contribution in [0.25, 0.3) is 0 Å². The number of hydrogen-bond donors (Lipinski definition) is 2. The molecule has 5 rings (SSSR count). The fourth-order valence-electron chi connectivity index (χ4n) is 8.54. The summed E-state index contributed by atoms with van der Waals surface area (Å²) in [5, 5.41) is 17.1. The highest BCUT2D eigenvalue weighted by Gasteiger charge is 2.14. The van der Waals surface area contributed by atoms with E-state index in [0.717, 1.165) is 35.8 Å². The van der Waals surface area contributed by atoms with Gasteiger partial charge in [-0.15, -0.1) is 0 Å². The van der Waals surface area contributed by atoms with E-state index in [9.17, 15) is 9.59 Å². The molecule has 6 heteroatoms. The highest BCUT2D eigenvalue weighted by molar-refractivity contribution is 6.01. The number of ether oxygens (including phenoxy) is 2. The van der Waals surface area contributed by atoms with Gasteiger partial charge in [-0.1, -0.05) is 217 Å².